The van der Waals surface area contributed by atoms with Crippen molar-refractivity contribution in [2.24, 2.45) is 5.73 Å². The summed E-state index contributed by atoms with van der Waals surface area (Å²) in [6.45, 7) is 3.28. The number of rotatable bonds is 5. The second-order valence-corrected chi connectivity index (χ2v) is 6.28. The quantitative estimate of drug-likeness (QED) is 0.890. The molecule has 1 unspecified atom stereocenters. The number of benzene rings is 1. The second-order valence-electron chi connectivity index (χ2n) is 4.31. The molecule has 0 aliphatic heterocycles. The Morgan fingerprint density at radius 3 is 2.45 bits per heavy atom. The summed E-state index contributed by atoms with van der Waals surface area (Å²) in [5, 5.41) is 0. The fourth-order valence-electron chi connectivity index (χ4n) is 1.62. The highest BCUT2D eigenvalue weighted by molar-refractivity contribution is 7.89. The van der Waals surface area contributed by atoms with Crippen LogP contribution in [-0.2, 0) is 10.0 Å². The van der Waals surface area contributed by atoms with Crippen molar-refractivity contribution in [1.82, 2.24) is 4.31 Å². The Morgan fingerprint density at radius 2 is 2.00 bits per heavy atom. The first kappa shape index (κ1) is 19.1. The molecule has 2 N–H and O–H groups in total. The van der Waals surface area contributed by atoms with Gasteiger partial charge in [0.15, 0.2) is 11.6 Å². The molecule has 0 amide bonds. The zero-order valence-electron chi connectivity index (χ0n) is 11.9. The summed E-state index contributed by atoms with van der Waals surface area (Å²) in [6, 6.07) is 2.28. The van der Waals surface area contributed by atoms with Crippen molar-refractivity contribution in [3.05, 3.63) is 23.5 Å². The summed E-state index contributed by atoms with van der Waals surface area (Å²) in [5.74, 6) is -0.650. The Hall–Kier alpha value is -0.890. The van der Waals surface area contributed by atoms with Gasteiger partial charge in [-0.05, 0) is 26.0 Å². The maximum absolute atomic E-state index is 13.9. The summed E-state index contributed by atoms with van der Waals surface area (Å²) in [7, 11) is -1.02. The van der Waals surface area contributed by atoms with E-state index >= 15 is 0 Å². The highest BCUT2D eigenvalue weighted by Crippen LogP contribution is 2.28. The number of methoxy groups -OCH3 is 1. The van der Waals surface area contributed by atoms with Crippen molar-refractivity contribution in [2.75, 3.05) is 20.7 Å². The van der Waals surface area contributed by atoms with E-state index < -0.39 is 15.8 Å². The van der Waals surface area contributed by atoms with E-state index in [1.54, 1.807) is 6.92 Å². The van der Waals surface area contributed by atoms with Crippen LogP contribution in [0, 0.1) is 12.7 Å². The van der Waals surface area contributed by atoms with Gasteiger partial charge in [0.05, 0.1) is 12.0 Å². The van der Waals surface area contributed by atoms with Crippen LogP contribution in [0.2, 0.25) is 0 Å². The van der Waals surface area contributed by atoms with Gasteiger partial charge < -0.3 is 10.5 Å². The molecule has 0 aliphatic rings. The first-order valence-corrected chi connectivity index (χ1v) is 7.22. The van der Waals surface area contributed by atoms with Crippen LogP contribution in [0.3, 0.4) is 0 Å². The maximum atomic E-state index is 13.9. The third kappa shape index (κ3) is 3.41. The number of nitrogens with two attached hydrogens (primary N) is 1. The largest absolute Gasteiger partial charge is 0.494 e. The molecule has 0 heterocycles. The zero-order chi connectivity index (χ0) is 14.8. The molecule has 5 nitrogen and oxygen atoms in total. The number of likely N-dealkylation sites (N-methyl/N-ethyl adjacent to an activating group) is 1. The number of sulfonamides is 1. The van der Waals surface area contributed by atoms with Gasteiger partial charge in [0.25, 0.3) is 0 Å². The van der Waals surface area contributed by atoms with Crippen molar-refractivity contribution in [1.29, 1.82) is 0 Å². The van der Waals surface area contributed by atoms with E-state index in [1.807, 2.05) is 0 Å². The molecule has 1 aromatic carbocycles. The van der Waals surface area contributed by atoms with Gasteiger partial charge in [-0.2, -0.15) is 4.31 Å². The molecule has 0 aromatic heterocycles. The van der Waals surface area contributed by atoms with Crippen LogP contribution in [0.1, 0.15) is 12.5 Å². The fraction of sp³-hybridized carbons (Fsp3) is 0.500. The van der Waals surface area contributed by atoms with Crippen LogP contribution in [0.4, 0.5) is 4.39 Å². The lowest BCUT2D eigenvalue weighted by Gasteiger charge is -2.24. The molecule has 8 heteroatoms. The lowest BCUT2D eigenvalue weighted by atomic mass is 10.2. The molecule has 0 saturated heterocycles. The van der Waals surface area contributed by atoms with E-state index in [9.17, 15) is 12.8 Å². The lowest BCUT2D eigenvalue weighted by Crippen LogP contribution is -2.39. The average molecular weight is 327 g/mol. The summed E-state index contributed by atoms with van der Waals surface area (Å²) >= 11 is 0. The highest BCUT2D eigenvalue weighted by atomic mass is 35.5. The van der Waals surface area contributed by atoms with E-state index in [0.29, 0.717) is 0 Å². The molecule has 0 spiro atoms. The Balaban J connectivity index is 0.00000361. The third-order valence-corrected chi connectivity index (χ3v) is 5.26. The number of nitrogens with zero attached hydrogens (tertiary/aromatic N) is 1. The molecular weight excluding hydrogens is 307 g/mol. The molecule has 0 radical (unpaired) electrons. The van der Waals surface area contributed by atoms with E-state index in [2.05, 4.69) is 0 Å². The number of hydrogen-bond donors (Lipinski definition) is 1. The molecule has 1 aromatic rings. The Bertz CT molecular complexity index is 566. The standard InChI is InChI=1S/C12H19FN2O3S.ClH/c1-8(7-14)15(3)19(16,17)11-6-5-10(18-4)12(13)9(11)2;/h5-6,8H,7,14H2,1-4H3;1H. The average Bonchev–Trinajstić information content (AvgIpc) is 2.39. The Morgan fingerprint density at radius 1 is 1.45 bits per heavy atom. The van der Waals surface area contributed by atoms with Gasteiger partial charge in [0.1, 0.15) is 0 Å². The molecule has 1 rings (SSSR count). The first-order chi connectivity index (χ1) is 8.77. The summed E-state index contributed by atoms with van der Waals surface area (Å²) in [6.07, 6.45) is 0. The molecule has 0 bridgehead atoms. The minimum Gasteiger partial charge on any atom is -0.494 e. The topological polar surface area (TPSA) is 72.6 Å². The molecule has 116 valence electrons. The number of halogens is 2. The van der Waals surface area contributed by atoms with E-state index in [-0.39, 0.29) is 41.2 Å². The van der Waals surface area contributed by atoms with Gasteiger partial charge in [-0.25, -0.2) is 12.8 Å². The van der Waals surface area contributed by atoms with Crippen LogP contribution < -0.4 is 10.5 Å². The predicted molar refractivity (Wildman–Crippen MR) is 78.4 cm³/mol. The van der Waals surface area contributed by atoms with Crippen molar-refractivity contribution in [2.45, 2.75) is 24.8 Å². The van der Waals surface area contributed by atoms with Crippen molar-refractivity contribution >= 4 is 22.4 Å². The number of ether oxygens (including phenoxy) is 1. The zero-order valence-corrected chi connectivity index (χ0v) is 13.5. The van der Waals surface area contributed by atoms with Crippen molar-refractivity contribution in [3.8, 4) is 5.75 Å². The molecular formula is C12H20ClFN2O3S. The minimum atomic E-state index is -3.77. The van der Waals surface area contributed by atoms with E-state index in [4.69, 9.17) is 10.5 Å². The van der Waals surface area contributed by atoms with Gasteiger partial charge in [-0.3, -0.25) is 0 Å². The van der Waals surface area contributed by atoms with Crippen molar-refractivity contribution in [3.63, 3.8) is 0 Å². The second kappa shape index (κ2) is 7.21. The number of hydrogen-bond acceptors (Lipinski definition) is 4. The molecule has 20 heavy (non-hydrogen) atoms. The van der Waals surface area contributed by atoms with E-state index in [1.165, 1.54) is 33.2 Å². The SMILES string of the molecule is COc1ccc(S(=O)(=O)N(C)C(C)CN)c(C)c1F.Cl. The lowest BCUT2D eigenvalue weighted by molar-refractivity contribution is 0.381. The fourth-order valence-corrected chi connectivity index (χ4v) is 3.21. The van der Waals surface area contributed by atoms with Gasteiger partial charge in [0.2, 0.25) is 10.0 Å². The maximum Gasteiger partial charge on any atom is 0.243 e. The van der Waals surface area contributed by atoms with Crippen molar-refractivity contribution < 1.29 is 17.5 Å². The van der Waals surface area contributed by atoms with E-state index in [0.717, 1.165) is 4.31 Å². The molecule has 0 saturated carbocycles. The summed E-state index contributed by atoms with van der Waals surface area (Å²) in [5.41, 5.74) is 5.50. The van der Waals surface area contributed by atoms with Crippen LogP contribution in [0.5, 0.6) is 5.75 Å². The smallest absolute Gasteiger partial charge is 0.243 e. The van der Waals surface area contributed by atoms with Crippen LogP contribution >= 0.6 is 12.4 Å². The van der Waals surface area contributed by atoms with Gasteiger partial charge >= 0.3 is 0 Å². The monoisotopic (exact) mass is 326 g/mol. The van der Waals surface area contributed by atoms with Crippen LogP contribution in [-0.4, -0.2) is 39.5 Å². The Labute approximate surface area is 125 Å². The highest BCUT2D eigenvalue weighted by Gasteiger charge is 2.28. The summed E-state index contributed by atoms with van der Waals surface area (Å²) < 4.78 is 44.6. The van der Waals surface area contributed by atoms with Gasteiger partial charge in [0, 0.05) is 25.2 Å². The molecule has 0 fully saturated rings. The first-order valence-electron chi connectivity index (χ1n) is 5.78. The van der Waals surface area contributed by atoms with Crippen LogP contribution in [0.25, 0.3) is 0 Å². The molecule has 1 atom stereocenters. The minimum absolute atomic E-state index is 0. The Kier molecular flexibility index (Phi) is 6.89. The van der Waals surface area contributed by atoms with Crippen LogP contribution in [0.15, 0.2) is 17.0 Å². The summed E-state index contributed by atoms with van der Waals surface area (Å²) in [4.78, 5) is -0.0754. The van der Waals surface area contributed by atoms with Gasteiger partial charge in [-0.15, -0.1) is 12.4 Å². The van der Waals surface area contributed by atoms with Gasteiger partial charge in [-0.1, -0.05) is 0 Å². The molecule has 0 aliphatic carbocycles. The normalized spacial score (nSPS) is 12.9. The third-order valence-electron chi connectivity index (χ3n) is 3.14. The predicted octanol–water partition coefficient (Wildman–Crippen LogP) is 1.53.